The van der Waals surface area contributed by atoms with E-state index in [1.165, 1.54) is 16.4 Å². The van der Waals surface area contributed by atoms with Gasteiger partial charge in [0, 0.05) is 26.2 Å². The van der Waals surface area contributed by atoms with Crippen LogP contribution in [0.3, 0.4) is 0 Å². The van der Waals surface area contributed by atoms with Crippen LogP contribution in [0.1, 0.15) is 18.1 Å². The first-order valence-corrected chi connectivity index (χ1v) is 11.0. The summed E-state index contributed by atoms with van der Waals surface area (Å²) in [6, 6.07) is 10.8. The van der Waals surface area contributed by atoms with Crippen molar-refractivity contribution in [3.63, 3.8) is 0 Å². The lowest BCUT2D eigenvalue weighted by Crippen LogP contribution is -2.54. The third-order valence-electron chi connectivity index (χ3n) is 5.28. The Balaban J connectivity index is 1.63. The first-order valence-electron chi connectivity index (χ1n) is 9.57. The maximum Gasteiger partial charge on any atom is 0.243 e. The molecule has 8 heteroatoms. The highest BCUT2D eigenvalue weighted by atomic mass is 32.2. The number of para-hydroxylation sites is 1. The molecule has 1 fully saturated rings. The molecule has 2 aromatic carbocycles. The van der Waals surface area contributed by atoms with Gasteiger partial charge in [-0.3, -0.25) is 9.69 Å². The Labute approximate surface area is 171 Å². The Bertz CT molecular complexity index is 1000. The monoisotopic (exact) mass is 419 g/mol. The molecule has 29 heavy (non-hydrogen) atoms. The molecule has 1 amide bonds. The van der Waals surface area contributed by atoms with Gasteiger partial charge in [0.15, 0.2) is 0 Å². The number of piperazine rings is 1. The van der Waals surface area contributed by atoms with Crippen LogP contribution in [0.5, 0.6) is 0 Å². The summed E-state index contributed by atoms with van der Waals surface area (Å²) in [7, 11) is -3.58. The highest BCUT2D eigenvalue weighted by molar-refractivity contribution is 7.89. The number of carbonyl (C=O) groups excluding carboxylic acids is 1. The van der Waals surface area contributed by atoms with Crippen molar-refractivity contribution in [1.82, 2.24) is 9.21 Å². The summed E-state index contributed by atoms with van der Waals surface area (Å²) in [6.45, 7) is 6.91. The van der Waals surface area contributed by atoms with Crippen LogP contribution in [0.4, 0.5) is 10.1 Å². The third kappa shape index (κ3) is 4.66. The van der Waals surface area contributed by atoms with Gasteiger partial charge in [-0.25, -0.2) is 12.8 Å². The molecule has 0 radical (unpaired) electrons. The number of carbonyl (C=O) groups is 1. The standard InChI is InChI=1S/C21H26FN3O3S/c1-15-8-9-20(16(2)14-15)29(27,28)25-12-10-24(11-13-25)17(3)21(26)23-19-7-5-4-6-18(19)22/h4-9,14,17H,10-13H2,1-3H3,(H,23,26)/t17-/m1/s1. The van der Waals surface area contributed by atoms with Crippen LogP contribution >= 0.6 is 0 Å². The largest absolute Gasteiger partial charge is 0.322 e. The molecule has 0 spiro atoms. The number of amides is 1. The number of nitrogens with zero attached hydrogens (tertiary/aromatic N) is 2. The summed E-state index contributed by atoms with van der Waals surface area (Å²) >= 11 is 0. The first kappa shape index (κ1) is 21.4. The van der Waals surface area contributed by atoms with Gasteiger partial charge in [0.25, 0.3) is 0 Å². The summed E-state index contributed by atoms with van der Waals surface area (Å²) in [4.78, 5) is 14.7. The Hall–Kier alpha value is -2.29. The smallest absolute Gasteiger partial charge is 0.243 e. The molecule has 1 aliphatic rings. The van der Waals surface area contributed by atoms with Gasteiger partial charge in [-0.2, -0.15) is 4.31 Å². The highest BCUT2D eigenvalue weighted by Gasteiger charge is 2.32. The minimum Gasteiger partial charge on any atom is -0.322 e. The van der Waals surface area contributed by atoms with Gasteiger partial charge in [-0.15, -0.1) is 0 Å². The average molecular weight is 420 g/mol. The fraction of sp³-hybridized carbons (Fsp3) is 0.381. The molecule has 1 N–H and O–H groups in total. The summed E-state index contributed by atoms with van der Waals surface area (Å²) in [5, 5.41) is 2.60. The average Bonchev–Trinajstić information content (AvgIpc) is 2.69. The number of anilines is 1. The van der Waals surface area contributed by atoms with Crippen molar-refractivity contribution in [1.29, 1.82) is 0 Å². The van der Waals surface area contributed by atoms with Crippen LogP contribution in [0.25, 0.3) is 0 Å². The lowest BCUT2D eigenvalue weighted by atomic mass is 10.2. The molecular weight excluding hydrogens is 393 g/mol. The molecule has 156 valence electrons. The molecule has 1 saturated heterocycles. The minimum atomic E-state index is -3.58. The predicted molar refractivity (Wildman–Crippen MR) is 111 cm³/mol. The number of hydrogen-bond acceptors (Lipinski definition) is 4. The van der Waals surface area contributed by atoms with Crippen LogP contribution < -0.4 is 5.32 Å². The fourth-order valence-electron chi connectivity index (χ4n) is 3.52. The van der Waals surface area contributed by atoms with E-state index in [2.05, 4.69) is 5.32 Å². The Kier molecular flexibility index (Phi) is 6.36. The van der Waals surface area contributed by atoms with Gasteiger partial charge in [0.1, 0.15) is 5.82 Å². The van der Waals surface area contributed by atoms with E-state index < -0.39 is 21.9 Å². The Morgan fingerprint density at radius 2 is 1.72 bits per heavy atom. The van der Waals surface area contributed by atoms with Gasteiger partial charge in [-0.05, 0) is 44.5 Å². The molecule has 0 aliphatic carbocycles. The quantitative estimate of drug-likeness (QED) is 0.809. The van der Waals surface area contributed by atoms with E-state index in [1.807, 2.05) is 17.9 Å². The van der Waals surface area contributed by atoms with Crippen molar-refractivity contribution < 1.29 is 17.6 Å². The molecule has 1 heterocycles. The number of benzene rings is 2. The molecule has 0 unspecified atom stereocenters. The summed E-state index contributed by atoms with van der Waals surface area (Å²) in [5.74, 6) is -0.807. The van der Waals surface area contributed by atoms with Crippen molar-refractivity contribution in [2.45, 2.75) is 31.7 Å². The van der Waals surface area contributed by atoms with E-state index in [9.17, 15) is 17.6 Å². The zero-order valence-corrected chi connectivity index (χ0v) is 17.7. The molecule has 6 nitrogen and oxygen atoms in total. The number of hydrogen-bond donors (Lipinski definition) is 1. The lowest BCUT2D eigenvalue weighted by Gasteiger charge is -2.36. The van der Waals surface area contributed by atoms with Crippen LogP contribution in [-0.2, 0) is 14.8 Å². The Morgan fingerprint density at radius 3 is 2.34 bits per heavy atom. The fourth-order valence-corrected chi connectivity index (χ4v) is 5.15. The second-order valence-corrected chi connectivity index (χ2v) is 9.26. The van der Waals surface area contributed by atoms with E-state index in [1.54, 1.807) is 38.1 Å². The Morgan fingerprint density at radius 1 is 1.07 bits per heavy atom. The van der Waals surface area contributed by atoms with Gasteiger partial charge in [0.2, 0.25) is 15.9 Å². The summed E-state index contributed by atoms with van der Waals surface area (Å²) < 4.78 is 41.2. The van der Waals surface area contributed by atoms with E-state index in [0.29, 0.717) is 31.1 Å². The molecule has 1 aliphatic heterocycles. The maximum atomic E-state index is 13.8. The molecule has 0 bridgehead atoms. The van der Waals surface area contributed by atoms with E-state index in [-0.39, 0.29) is 11.6 Å². The van der Waals surface area contributed by atoms with Crippen molar-refractivity contribution >= 4 is 21.6 Å². The summed E-state index contributed by atoms with van der Waals surface area (Å²) in [6.07, 6.45) is 0. The zero-order chi connectivity index (χ0) is 21.2. The second-order valence-electron chi connectivity index (χ2n) is 7.35. The van der Waals surface area contributed by atoms with E-state index in [0.717, 1.165) is 11.1 Å². The van der Waals surface area contributed by atoms with Crippen LogP contribution in [0.2, 0.25) is 0 Å². The molecule has 3 rings (SSSR count). The van der Waals surface area contributed by atoms with Crippen molar-refractivity contribution in [3.05, 3.63) is 59.4 Å². The van der Waals surface area contributed by atoms with Gasteiger partial charge in [-0.1, -0.05) is 29.8 Å². The maximum absolute atomic E-state index is 13.8. The molecule has 1 atom stereocenters. The van der Waals surface area contributed by atoms with Crippen molar-refractivity contribution in [2.75, 3.05) is 31.5 Å². The molecule has 0 aromatic heterocycles. The number of sulfonamides is 1. The van der Waals surface area contributed by atoms with Crippen LogP contribution in [-0.4, -0.2) is 55.8 Å². The molecule has 2 aromatic rings. The SMILES string of the molecule is Cc1ccc(S(=O)(=O)N2CCN([C@H](C)C(=O)Nc3ccccc3F)CC2)c(C)c1. The van der Waals surface area contributed by atoms with Gasteiger partial charge in [0.05, 0.1) is 16.6 Å². The van der Waals surface area contributed by atoms with E-state index in [4.69, 9.17) is 0 Å². The van der Waals surface area contributed by atoms with Gasteiger partial charge >= 0.3 is 0 Å². The topological polar surface area (TPSA) is 69.7 Å². The second kappa shape index (κ2) is 8.61. The van der Waals surface area contributed by atoms with Crippen molar-refractivity contribution in [2.24, 2.45) is 0 Å². The summed E-state index contributed by atoms with van der Waals surface area (Å²) in [5.41, 5.74) is 1.88. The first-order chi connectivity index (χ1) is 13.7. The highest BCUT2D eigenvalue weighted by Crippen LogP contribution is 2.23. The molecule has 0 saturated carbocycles. The predicted octanol–water partition coefficient (Wildman–Crippen LogP) is 2.78. The zero-order valence-electron chi connectivity index (χ0n) is 16.9. The number of rotatable bonds is 5. The van der Waals surface area contributed by atoms with Gasteiger partial charge < -0.3 is 5.32 Å². The molecular formula is C21H26FN3O3S. The number of aryl methyl sites for hydroxylation is 2. The number of halogens is 1. The normalized spacial score (nSPS) is 17.1. The van der Waals surface area contributed by atoms with Crippen LogP contribution in [0.15, 0.2) is 47.4 Å². The minimum absolute atomic E-state index is 0.139. The lowest BCUT2D eigenvalue weighted by molar-refractivity contribution is -0.121. The van der Waals surface area contributed by atoms with E-state index >= 15 is 0 Å². The number of nitrogens with one attached hydrogen (secondary N) is 1. The third-order valence-corrected chi connectivity index (χ3v) is 7.34. The van der Waals surface area contributed by atoms with Crippen molar-refractivity contribution in [3.8, 4) is 0 Å². The van der Waals surface area contributed by atoms with Crippen LogP contribution in [0, 0.1) is 19.7 Å².